The van der Waals surface area contributed by atoms with Crippen molar-refractivity contribution < 1.29 is 9.72 Å². The van der Waals surface area contributed by atoms with E-state index in [2.05, 4.69) is 0 Å². The average molecular weight is 348 g/mol. The molecule has 0 aliphatic carbocycles. The Kier molecular flexibility index (Phi) is 5.04. The number of benzene rings is 1. The highest BCUT2D eigenvalue weighted by molar-refractivity contribution is 8.01. The van der Waals surface area contributed by atoms with Gasteiger partial charge in [-0.3, -0.25) is 10.1 Å². The molecule has 1 heterocycles. The third-order valence-electron chi connectivity index (χ3n) is 2.31. The minimum atomic E-state index is -0.461. The van der Waals surface area contributed by atoms with Crippen LogP contribution < -0.4 is 0 Å². The number of aldehydes is 1. The fourth-order valence-corrected chi connectivity index (χ4v) is 4.26. The van der Waals surface area contributed by atoms with E-state index in [9.17, 15) is 14.9 Å². The molecule has 0 atom stereocenters. The molecule has 0 aliphatic rings. The van der Waals surface area contributed by atoms with Gasteiger partial charge in [0.25, 0.3) is 5.69 Å². The van der Waals surface area contributed by atoms with Crippen LogP contribution in [0.25, 0.3) is 0 Å². The van der Waals surface area contributed by atoms with Crippen molar-refractivity contribution >= 4 is 58.3 Å². The van der Waals surface area contributed by atoms with Crippen molar-refractivity contribution in [1.29, 1.82) is 0 Å². The van der Waals surface area contributed by atoms with Crippen molar-refractivity contribution in [2.75, 3.05) is 0 Å². The number of hydrogen-bond donors (Lipinski definition) is 0. The van der Waals surface area contributed by atoms with Crippen LogP contribution in [0.5, 0.6) is 0 Å². The van der Waals surface area contributed by atoms with Crippen LogP contribution in [0.15, 0.2) is 33.4 Å². The van der Waals surface area contributed by atoms with Gasteiger partial charge in [0.05, 0.1) is 9.95 Å². The maximum absolute atomic E-state index is 11.0. The molecule has 0 unspecified atom stereocenters. The summed E-state index contributed by atoms with van der Waals surface area (Å²) in [5.41, 5.74) is -0.0112. The number of rotatable bonds is 5. The van der Waals surface area contributed by atoms with E-state index >= 15 is 0 Å². The average Bonchev–Trinajstić information content (AvgIpc) is 2.76. The number of thiophene rings is 1. The molecule has 0 N–H and O–H groups in total. The number of halogens is 2. The first-order valence-corrected chi connectivity index (χ1v) is 7.74. The second kappa shape index (κ2) is 6.58. The standard InChI is InChI=1S/C12H7Cl2NO3S2/c13-7-1-2-11(9(14)5-7)20-12-10(15(17)18)6-8(19-12)3-4-16/h1-2,4-6H,3H2. The van der Waals surface area contributed by atoms with Gasteiger partial charge in [0.2, 0.25) is 0 Å². The first-order valence-electron chi connectivity index (χ1n) is 5.35. The Bertz CT molecular complexity index is 673. The van der Waals surface area contributed by atoms with E-state index in [1.165, 1.54) is 29.2 Å². The molecule has 0 bridgehead atoms. The van der Waals surface area contributed by atoms with Gasteiger partial charge < -0.3 is 4.79 Å². The number of hydrogen-bond acceptors (Lipinski definition) is 5. The Hall–Kier alpha value is -1.08. The highest BCUT2D eigenvalue weighted by atomic mass is 35.5. The summed E-state index contributed by atoms with van der Waals surface area (Å²) in [6.07, 6.45) is 0.889. The number of carbonyl (C=O) groups is 1. The van der Waals surface area contributed by atoms with Crippen molar-refractivity contribution in [3.63, 3.8) is 0 Å². The molecule has 0 amide bonds. The van der Waals surface area contributed by atoms with Gasteiger partial charge in [-0.05, 0) is 18.2 Å². The molecule has 0 aliphatic heterocycles. The van der Waals surface area contributed by atoms with Crippen LogP contribution in [0.4, 0.5) is 5.69 Å². The molecular weight excluding hydrogens is 341 g/mol. The monoisotopic (exact) mass is 347 g/mol. The lowest BCUT2D eigenvalue weighted by Crippen LogP contribution is -1.86. The molecule has 2 aromatic rings. The largest absolute Gasteiger partial charge is 0.303 e. The Morgan fingerprint density at radius 2 is 2.10 bits per heavy atom. The summed E-state index contributed by atoms with van der Waals surface area (Å²) < 4.78 is 0.496. The quantitative estimate of drug-likeness (QED) is 0.440. The first-order chi connectivity index (χ1) is 9.51. The second-order valence-corrected chi connectivity index (χ2v) is 6.98. The highest BCUT2D eigenvalue weighted by Gasteiger charge is 2.20. The molecule has 0 saturated carbocycles. The Balaban J connectivity index is 2.36. The zero-order valence-corrected chi connectivity index (χ0v) is 13.0. The van der Waals surface area contributed by atoms with Crippen molar-refractivity contribution in [3.8, 4) is 0 Å². The summed E-state index contributed by atoms with van der Waals surface area (Å²) in [7, 11) is 0. The van der Waals surface area contributed by atoms with E-state index in [-0.39, 0.29) is 12.1 Å². The fourth-order valence-electron chi connectivity index (χ4n) is 1.45. The van der Waals surface area contributed by atoms with Gasteiger partial charge in [0.1, 0.15) is 10.5 Å². The van der Waals surface area contributed by atoms with E-state index in [1.807, 2.05) is 0 Å². The van der Waals surface area contributed by atoms with E-state index in [4.69, 9.17) is 23.2 Å². The molecule has 4 nitrogen and oxygen atoms in total. The highest BCUT2D eigenvalue weighted by Crippen LogP contribution is 2.43. The molecule has 104 valence electrons. The van der Waals surface area contributed by atoms with Gasteiger partial charge >= 0.3 is 0 Å². The molecule has 8 heteroatoms. The summed E-state index contributed by atoms with van der Waals surface area (Å²) in [4.78, 5) is 22.4. The SMILES string of the molecule is O=CCc1cc([N+](=O)[O-])c(Sc2ccc(Cl)cc2Cl)s1. The summed E-state index contributed by atoms with van der Waals surface area (Å²) >= 11 is 14.3. The second-order valence-electron chi connectivity index (χ2n) is 3.69. The van der Waals surface area contributed by atoms with Gasteiger partial charge in [-0.15, -0.1) is 11.3 Å². The van der Waals surface area contributed by atoms with Crippen molar-refractivity contribution in [2.45, 2.75) is 15.5 Å². The van der Waals surface area contributed by atoms with Crippen LogP contribution in [0.3, 0.4) is 0 Å². The van der Waals surface area contributed by atoms with E-state index in [0.29, 0.717) is 24.0 Å². The summed E-state index contributed by atoms with van der Waals surface area (Å²) in [5, 5.41) is 12.0. The summed E-state index contributed by atoms with van der Waals surface area (Å²) in [6, 6.07) is 6.38. The van der Waals surface area contributed by atoms with Crippen LogP contribution in [0, 0.1) is 10.1 Å². The van der Waals surface area contributed by atoms with Gasteiger partial charge in [-0.1, -0.05) is 35.0 Å². The zero-order valence-electron chi connectivity index (χ0n) is 9.84. The number of nitrogens with zero attached hydrogens (tertiary/aromatic N) is 1. The van der Waals surface area contributed by atoms with Crippen molar-refractivity contribution in [3.05, 3.63) is 49.3 Å². The Morgan fingerprint density at radius 1 is 1.35 bits per heavy atom. The fraction of sp³-hybridized carbons (Fsp3) is 0.0833. The number of carbonyl (C=O) groups excluding carboxylic acids is 1. The number of nitro groups is 1. The summed E-state index contributed by atoms with van der Waals surface area (Å²) in [5.74, 6) is 0. The lowest BCUT2D eigenvalue weighted by molar-refractivity contribution is -0.387. The van der Waals surface area contributed by atoms with Gasteiger partial charge in [0, 0.05) is 27.3 Å². The van der Waals surface area contributed by atoms with Crippen LogP contribution in [0.1, 0.15) is 4.88 Å². The smallest absolute Gasteiger partial charge is 0.294 e. The van der Waals surface area contributed by atoms with Crippen LogP contribution in [-0.2, 0) is 11.2 Å². The zero-order chi connectivity index (χ0) is 14.7. The topological polar surface area (TPSA) is 60.2 Å². The van der Waals surface area contributed by atoms with Gasteiger partial charge in [-0.25, -0.2) is 0 Å². The lowest BCUT2D eigenvalue weighted by Gasteiger charge is -2.02. The van der Waals surface area contributed by atoms with Crippen LogP contribution in [0.2, 0.25) is 10.0 Å². The van der Waals surface area contributed by atoms with E-state index in [1.54, 1.807) is 18.2 Å². The van der Waals surface area contributed by atoms with Gasteiger partial charge in [-0.2, -0.15) is 0 Å². The molecule has 1 aromatic carbocycles. The predicted octanol–water partition coefficient (Wildman–Crippen LogP) is 4.86. The maximum atomic E-state index is 11.0. The Morgan fingerprint density at radius 3 is 2.70 bits per heavy atom. The molecule has 0 radical (unpaired) electrons. The summed E-state index contributed by atoms with van der Waals surface area (Å²) in [6.45, 7) is 0. The van der Waals surface area contributed by atoms with Gasteiger partial charge in [0.15, 0.2) is 0 Å². The third-order valence-corrected chi connectivity index (χ3v) is 5.38. The van der Waals surface area contributed by atoms with Crippen molar-refractivity contribution in [1.82, 2.24) is 0 Å². The van der Waals surface area contributed by atoms with Crippen LogP contribution >= 0.6 is 46.3 Å². The van der Waals surface area contributed by atoms with E-state index in [0.717, 1.165) is 6.29 Å². The molecule has 0 saturated heterocycles. The normalized spacial score (nSPS) is 10.5. The third kappa shape index (κ3) is 3.52. The van der Waals surface area contributed by atoms with E-state index < -0.39 is 4.92 Å². The minimum absolute atomic E-state index is 0.0112. The minimum Gasteiger partial charge on any atom is -0.303 e. The molecule has 20 heavy (non-hydrogen) atoms. The van der Waals surface area contributed by atoms with Crippen molar-refractivity contribution in [2.24, 2.45) is 0 Å². The first kappa shape index (κ1) is 15.3. The predicted molar refractivity (Wildman–Crippen MR) is 81.3 cm³/mol. The molecule has 0 spiro atoms. The molecule has 2 rings (SSSR count). The lowest BCUT2D eigenvalue weighted by atomic mass is 10.3. The maximum Gasteiger partial charge on any atom is 0.294 e. The Labute approximate surface area is 132 Å². The molecule has 0 fully saturated rings. The molecule has 1 aromatic heterocycles. The molecular formula is C12H7Cl2NO3S2. The van der Waals surface area contributed by atoms with Crippen LogP contribution in [-0.4, -0.2) is 11.2 Å².